The first-order chi connectivity index (χ1) is 13.8. The minimum atomic E-state index is -0.806. The molecular formula is C23H38O6. The molecule has 1 spiro atoms. The van der Waals surface area contributed by atoms with Crippen LogP contribution in [0, 0.1) is 29.6 Å². The van der Waals surface area contributed by atoms with Gasteiger partial charge in [-0.25, -0.2) is 9.78 Å². The summed E-state index contributed by atoms with van der Waals surface area (Å²) in [6.45, 7) is 10.6. The fraction of sp³-hybridized carbons (Fsp3) is 0.957. The zero-order chi connectivity index (χ0) is 20.8. The molecule has 0 aromatic carbocycles. The van der Waals surface area contributed by atoms with Gasteiger partial charge in [-0.2, -0.15) is 0 Å². The van der Waals surface area contributed by atoms with E-state index in [9.17, 15) is 4.79 Å². The van der Waals surface area contributed by atoms with Gasteiger partial charge in [-0.3, -0.25) is 4.79 Å². The van der Waals surface area contributed by atoms with E-state index in [-0.39, 0.29) is 23.7 Å². The maximum absolute atomic E-state index is 12.9. The molecule has 29 heavy (non-hydrogen) atoms. The van der Waals surface area contributed by atoms with Gasteiger partial charge in [-0.05, 0) is 50.9 Å². The first kappa shape index (κ1) is 21.5. The number of rotatable bonds is 6. The van der Waals surface area contributed by atoms with Crippen LogP contribution in [0.25, 0.3) is 0 Å². The highest BCUT2D eigenvalue weighted by atomic mass is 17.3. The predicted octanol–water partition coefficient (Wildman–Crippen LogP) is 4.95. The summed E-state index contributed by atoms with van der Waals surface area (Å²) in [5.74, 6) is 0.0586. The van der Waals surface area contributed by atoms with Crippen molar-refractivity contribution in [2.75, 3.05) is 0 Å². The molecule has 5 aliphatic rings. The largest absolute Gasteiger partial charge is 0.435 e. The molecule has 1 saturated carbocycles. The third kappa shape index (κ3) is 3.54. The fourth-order valence-corrected chi connectivity index (χ4v) is 6.29. The van der Waals surface area contributed by atoms with Crippen molar-refractivity contribution in [1.82, 2.24) is 0 Å². The molecule has 0 N–H and O–H groups in total. The zero-order valence-corrected chi connectivity index (χ0v) is 18.6. The number of esters is 1. The van der Waals surface area contributed by atoms with Crippen LogP contribution in [0.15, 0.2) is 0 Å². The standard InChI is InChI=1S/C23H38O6/c1-6-8-16(9-7-2)19(24)25-20-15(4)18-11-10-14(3)17-12-13-22(5)27-21(26-20)23(17,18)29-28-22/h14-18,20-21H,6-13H2,1-5H3/t14-,15-,17+,18?,20?,21-,22+,23?/m1/s1. The number of fused-ring (bicyclic) bond motifs is 2. The summed E-state index contributed by atoms with van der Waals surface area (Å²) in [5, 5.41) is 0. The molecule has 0 radical (unpaired) electrons. The maximum atomic E-state index is 12.9. The molecule has 6 nitrogen and oxygen atoms in total. The molecule has 4 saturated heterocycles. The molecule has 1 aliphatic carbocycles. The van der Waals surface area contributed by atoms with E-state index in [1.807, 2.05) is 6.92 Å². The van der Waals surface area contributed by atoms with E-state index >= 15 is 0 Å². The van der Waals surface area contributed by atoms with Crippen LogP contribution >= 0.6 is 0 Å². The van der Waals surface area contributed by atoms with Gasteiger partial charge in [0.25, 0.3) is 0 Å². The van der Waals surface area contributed by atoms with E-state index in [1.165, 1.54) is 0 Å². The highest BCUT2D eigenvalue weighted by Crippen LogP contribution is 2.60. The summed E-state index contributed by atoms with van der Waals surface area (Å²) in [6, 6.07) is 0. The third-order valence-electron chi connectivity index (χ3n) is 7.94. The van der Waals surface area contributed by atoms with Crippen LogP contribution in [-0.4, -0.2) is 29.9 Å². The lowest BCUT2D eigenvalue weighted by molar-refractivity contribution is -0.576. The fourth-order valence-electron chi connectivity index (χ4n) is 6.29. The monoisotopic (exact) mass is 410 g/mol. The molecule has 6 heteroatoms. The van der Waals surface area contributed by atoms with E-state index < -0.39 is 24.0 Å². The second kappa shape index (κ2) is 8.10. The van der Waals surface area contributed by atoms with Crippen LogP contribution < -0.4 is 0 Å². The van der Waals surface area contributed by atoms with Gasteiger partial charge in [0.05, 0.1) is 5.92 Å². The van der Waals surface area contributed by atoms with Gasteiger partial charge in [0, 0.05) is 18.3 Å². The quantitative estimate of drug-likeness (QED) is 0.456. The van der Waals surface area contributed by atoms with Crippen LogP contribution in [0.3, 0.4) is 0 Å². The predicted molar refractivity (Wildman–Crippen MR) is 106 cm³/mol. The smallest absolute Gasteiger partial charge is 0.311 e. The van der Waals surface area contributed by atoms with E-state index in [0.29, 0.717) is 11.8 Å². The molecule has 8 atom stereocenters. The van der Waals surface area contributed by atoms with Crippen molar-refractivity contribution in [3.05, 3.63) is 0 Å². The van der Waals surface area contributed by atoms with Gasteiger partial charge in [-0.15, -0.1) is 0 Å². The molecule has 0 aromatic heterocycles. The summed E-state index contributed by atoms with van der Waals surface area (Å²) in [4.78, 5) is 24.9. The van der Waals surface area contributed by atoms with Crippen LogP contribution in [0.4, 0.5) is 0 Å². The van der Waals surface area contributed by atoms with Gasteiger partial charge in [0.1, 0.15) is 0 Å². The molecule has 2 bridgehead atoms. The van der Waals surface area contributed by atoms with Gasteiger partial charge in [-0.1, -0.05) is 40.5 Å². The van der Waals surface area contributed by atoms with E-state index in [1.54, 1.807) is 0 Å². The van der Waals surface area contributed by atoms with Crippen LogP contribution in [0.2, 0.25) is 0 Å². The summed E-state index contributed by atoms with van der Waals surface area (Å²) >= 11 is 0. The lowest BCUT2D eigenvalue weighted by Gasteiger charge is -2.60. The SMILES string of the molecule is CCCC(CCC)C(=O)OC1O[C@@H]2O[C@]3(C)CC[C@H]4[C@H](C)CCC([C@H]1C)C24OO3. The van der Waals surface area contributed by atoms with Crippen molar-refractivity contribution in [2.45, 2.75) is 110 Å². The van der Waals surface area contributed by atoms with Gasteiger partial charge in [0.2, 0.25) is 12.1 Å². The van der Waals surface area contributed by atoms with Crippen molar-refractivity contribution in [1.29, 1.82) is 0 Å². The molecule has 5 fully saturated rings. The van der Waals surface area contributed by atoms with Crippen LogP contribution in [-0.2, 0) is 28.8 Å². The van der Waals surface area contributed by atoms with Crippen molar-refractivity contribution in [2.24, 2.45) is 29.6 Å². The molecule has 0 aromatic rings. The Kier molecular flexibility index (Phi) is 6.02. The first-order valence-electron chi connectivity index (χ1n) is 11.7. The molecule has 4 aliphatic heterocycles. The average Bonchev–Trinajstić information content (AvgIpc) is 2.91. The summed E-state index contributed by atoms with van der Waals surface area (Å²) < 4.78 is 18.7. The molecule has 3 unspecified atom stereocenters. The number of carbonyl (C=O) groups excluding carboxylic acids is 1. The second-order valence-corrected chi connectivity index (χ2v) is 9.98. The topological polar surface area (TPSA) is 63.2 Å². The highest BCUT2D eigenvalue weighted by molar-refractivity contribution is 5.72. The van der Waals surface area contributed by atoms with Crippen LogP contribution in [0.1, 0.15) is 86.0 Å². The number of hydrogen-bond acceptors (Lipinski definition) is 6. The summed E-state index contributed by atoms with van der Waals surface area (Å²) in [6.07, 6.45) is 6.43. The minimum Gasteiger partial charge on any atom is -0.435 e. The molecule has 5 rings (SSSR count). The lowest BCUT2D eigenvalue weighted by Crippen LogP contribution is -2.70. The Morgan fingerprint density at radius 1 is 1.07 bits per heavy atom. The Morgan fingerprint density at radius 2 is 1.79 bits per heavy atom. The maximum Gasteiger partial charge on any atom is 0.311 e. The average molecular weight is 411 g/mol. The third-order valence-corrected chi connectivity index (χ3v) is 7.94. The Hall–Kier alpha value is -0.690. The van der Waals surface area contributed by atoms with E-state index in [2.05, 4.69) is 27.7 Å². The van der Waals surface area contributed by atoms with Crippen molar-refractivity contribution >= 4 is 5.97 Å². The van der Waals surface area contributed by atoms with Crippen molar-refractivity contribution in [3.63, 3.8) is 0 Å². The van der Waals surface area contributed by atoms with E-state index in [0.717, 1.165) is 51.4 Å². The number of ether oxygens (including phenoxy) is 3. The Morgan fingerprint density at radius 3 is 2.48 bits per heavy atom. The minimum absolute atomic E-state index is 0.0313. The summed E-state index contributed by atoms with van der Waals surface area (Å²) in [7, 11) is 0. The van der Waals surface area contributed by atoms with Gasteiger partial charge in [0.15, 0.2) is 11.9 Å². The van der Waals surface area contributed by atoms with Gasteiger partial charge >= 0.3 is 5.97 Å². The Bertz CT molecular complexity index is 604. The number of hydrogen-bond donors (Lipinski definition) is 0. The first-order valence-corrected chi connectivity index (χ1v) is 11.7. The van der Waals surface area contributed by atoms with Crippen molar-refractivity contribution in [3.8, 4) is 0 Å². The Labute approximate surface area is 174 Å². The Balaban J connectivity index is 1.58. The van der Waals surface area contributed by atoms with Crippen molar-refractivity contribution < 1.29 is 28.8 Å². The number of carbonyl (C=O) groups is 1. The molecular weight excluding hydrogens is 372 g/mol. The molecule has 4 heterocycles. The molecule has 166 valence electrons. The second-order valence-electron chi connectivity index (χ2n) is 9.98. The summed E-state index contributed by atoms with van der Waals surface area (Å²) in [5.41, 5.74) is -0.609. The normalized spacial score (nSPS) is 46.3. The molecule has 0 amide bonds. The lowest BCUT2D eigenvalue weighted by atomic mass is 9.58. The zero-order valence-electron chi connectivity index (χ0n) is 18.6. The van der Waals surface area contributed by atoms with Crippen LogP contribution in [0.5, 0.6) is 0 Å². The highest BCUT2D eigenvalue weighted by Gasteiger charge is 2.69. The van der Waals surface area contributed by atoms with E-state index in [4.69, 9.17) is 24.0 Å². The van der Waals surface area contributed by atoms with Gasteiger partial charge < -0.3 is 14.2 Å².